The summed E-state index contributed by atoms with van der Waals surface area (Å²) >= 11 is 1.57. The van der Waals surface area contributed by atoms with Gasteiger partial charge < -0.3 is 9.84 Å². The van der Waals surface area contributed by atoms with Gasteiger partial charge in [0.1, 0.15) is 5.60 Å². The van der Waals surface area contributed by atoms with Gasteiger partial charge in [-0.15, -0.1) is 11.3 Å². The SMILES string of the molecule is Cc1nc(C2(O)CCC(C)OC2)cs1. The maximum atomic E-state index is 10.3. The number of aliphatic hydroxyl groups is 1. The highest BCUT2D eigenvalue weighted by Crippen LogP contribution is 2.32. The van der Waals surface area contributed by atoms with Crippen LogP contribution in [-0.4, -0.2) is 22.8 Å². The first kappa shape index (κ1) is 10.1. The van der Waals surface area contributed by atoms with Crippen molar-refractivity contribution in [1.82, 2.24) is 4.98 Å². The molecule has 1 aliphatic rings. The monoisotopic (exact) mass is 213 g/mol. The van der Waals surface area contributed by atoms with Crippen LogP contribution < -0.4 is 0 Å². The minimum absolute atomic E-state index is 0.259. The molecule has 4 heteroatoms. The van der Waals surface area contributed by atoms with E-state index in [9.17, 15) is 5.11 Å². The standard InChI is InChI=1S/C10H15NO2S/c1-7-3-4-10(12,6-13-7)9-5-14-8(2)11-9/h5,7,12H,3-4,6H2,1-2H3. The molecule has 0 aliphatic carbocycles. The summed E-state index contributed by atoms with van der Waals surface area (Å²) in [6.45, 7) is 4.35. The number of aryl methyl sites for hydroxylation is 1. The van der Waals surface area contributed by atoms with Crippen molar-refractivity contribution in [1.29, 1.82) is 0 Å². The Labute approximate surface area is 87.7 Å². The van der Waals surface area contributed by atoms with Crippen LogP contribution in [0.1, 0.15) is 30.5 Å². The lowest BCUT2D eigenvalue weighted by Crippen LogP contribution is -2.38. The summed E-state index contributed by atoms with van der Waals surface area (Å²) in [4.78, 5) is 4.32. The zero-order valence-corrected chi connectivity index (χ0v) is 9.30. The minimum atomic E-state index is -0.850. The third-order valence-corrected chi connectivity index (χ3v) is 3.44. The minimum Gasteiger partial charge on any atom is -0.381 e. The smallest absolute Gasteiger partial charge is 0.131 e. The van der Waals surface area contributed by atoms with Gasteiger partial charge >= 0.3 is 0 Å². The zero-order chi connectivity index (χ0) is 10.2. The van der Waals surface area contributed by atoms with E-state index in [2.05, 4.69) is 4.98 Å². The topological polar surface area (TPSA) is 42.4 Å². The Kier molecular flexibility index (Phi) is 2.60. The molecule has 1 N–H and O–H groups in total. The number of hydrogen-bond acceptors (Lipinski definition) is 4. The van der Waals surface area contributed by atoms with Gasteiger partial charge in [-0.1, -0.05) is 0 Å². The second-order valence-electron chi connectivity index (χ2n) is 3.94. The molecule has 78 valence electrons. The van der Waals surface area contributed by atoms with E-state index in [0.717, 1.165) is 23.5 Å². The van der Waals surface area contributed by atoms with Gasteiger partial charge in [-0.3, -0.25) is 0 Å². The highest BCUT2D eigenvalue weighted by atomic mass is 32.1. The van der Waals surface area contributed by atoms with E-state index in [0.29, 0.717) is 6.61 Å². The second-order valence-corrected chi connectivity index (χ2v) is 5.01. The van der Waals surface area contributed by atoms with E-state index in [-0.39, 0.29) is 6.10 Å². The average molecular weight is 213 g/mol. The van der Waals surface area contributed by atoms with Crippen molar-refractivity contribution >= 4 is 11.3 Å². The highest BCUT2D eigenvalue weighted by Gasteiger charge is 2.36. The Hall–Kier alpha value is -0.450. The van der Waals surface area contributed by atoms with E-state index < -0.39 is 5.60 Å². The van der Waals surface area contributed by atoms with Crippen LogP contribution in [0.2, 0.25) is 0 Å². The molecule has 0 amide bonds. The van der Waals surface area contributed by atoms with Crippen LogP contribution in [0.3, 0.4) is 0 Å². The summed E-state index contributed by atoms with van der Waals surface area (Å²) in [5.74, 6) is 0. The van der Waals surface area contributed by atoms with Crippen molar-refractivity contribution in [2.24, 2.45) is 0 Å². The molecule has 2 atom stereocenters. The van der Waals surface area contributed by atoms with Gasteiger partial charge in [0.05, 0.1) is 23.4 Å². The lowest BCUT2D eigenvalue weighted by molar-refractivity contribution is -0.120. The van der Waals surface area contributed by atoms with Crippen molar-refractivity contribution in [2.45, 2.75) is 38.4 Å². The summed E-state index contributed by atoms with van der Waals surface area (Å²) < 4.78 is 5.47. The summed E-state index contributed by atoms with van der Waals surface area (Å²) in [6.07, 6.45) is 1.90. The van der Waals surface area contributed by atoms with Crippen LogP contribution in [0.15, 0.2) is 5.38 Å². The molecule has 0 spiro atoms. The van der Waals surface area contributed by atoms with Gasteiger partial charge in [0.2, 0.25) is 0 Å². The van der Waals surface area contributed by atoms with Gasteiger partial charge in [-0.2, -0.15) is 0 Å². The third kappa shape index (κ3) is 1.82. The summed E-state index contributed by atoms with van der Waals surface area (Å²) in [5, 5.41) is 13.2. The van der Waals surface area contributed by atoms with Crippen molar-refractivity contribution < 1.29 is 9.84 Å². The van der Waals surface area contributed by atoms with Crippen molar-refractivity contribution in [3.63, 3.8) is 0 Å². The first-order chi connectivity index (χ1) is 6.60. The van der Waals surface area contributed by atoms with E-state index >= 15 is 0 Å². The highest BCUT2D eigenvalue weighted by molar-refractivity contribution is 7.09. The van der Waals surface area contributed by atoms with Crippen LogP contribution in [0.25, 0.3) is 0 Å². The molecule has 1 fully saturated rings. The molecule has 0 bridgehead atoms. The van der Waals surface area contributed by atoms with Crippen molar-refractivity contribution in [2.75, 3.05) is 6.61 Å². The number of nitrogens with zero attached hydrogens (tertiary/aromatic N) is 1. The third-order valence-electron chi connectivity index (χ3n) is 2.67. The Bertz CT molecular complexity index is 316. The molecule has 1 aliphatic heterocycles. The first-order valence-electron chi connectivity index (χ1n) is 4.87. The Morgan fingerprint density at radius 1 is 1.71 bits per heavy atom. The van der Waals surface area contributed by atoms with E-state index in [1.807, 2.05) is 19.2 Å². The van der Waals surface area contributed by atoms with Gasteiger partial charge in [0, 0.05) is 5.38 Å². The lowest BCUT2D eigenvalue weighted by atomic mass is 9.91. The summed E-state index contributed by atoms with van der Waals surface area (Å²) in [6, 6.07) is 0. The first-order valence-corrected chi connectivity index (χ1v) is 5.75. The van der Waals surface area contributed by atoms with Gasteiger partial charge in [-0.25, -0.2) is 4.98 Å². The quantitative estimate of drug-likeness (QED) is 0.774. The molecule has 2 unspecified atom stereocenters. The number of hydrogen-bond donors (Lipinski definition) is 1. The molecule has 0 radical (unpaired) electrons. The largest absolute Gasteiger partial charge is 0.381 e. The number of ether oxygens (including phenoxy) is 1. The van der Waals surface area contributed by atoms with Crippen LogP contribution in [0.4, 0.5) is 0 Å². The number of thiazole rings is 1. The van der Waals surface area contributed by atoms with Crippen LogP contribution in [-0.2, 0) is 10.3 Å². The molecule has 3 nitrogen and oxygen atoms in total. The molecule has 1 saturated heterocycles. The Morgan fingerprint density at radius 2 is 2.50 bits per heavy atom. The maximum absolute atomic E-state index is 10.3. The predicted molar refractivity (Wildman–Crippen MR) is 55.4 cm³/mol. The normalized spacial score (nSPS) is 33.2. The Balaban J connectivity index is 2.16. The molecule has 2 rings (SSSR count). The van der Waals surface area contributed by atoms with Crippen molar-refractivity contribution in [3.05, 3.63) is 16.1 Å². The molecular weight excluding hydrogens is 198 g/mol. The van der Waals surface area contributed by atoms with Gasteiger partial charge in [0.25, 0.3) is 0 Å². The Morgan fingerprint density at radius 3 is 3.00 bits per heavy atom. The maximum Gasteiger partial charge on any atom is 0.131 e. The number of aromatic nitrogens is 1. The van der Waals surface area contributed by atoms with Crippen LogP contribution >= 0.6 is 11.3 Å². The molecular formula is C10H15NO2S. The lowest BCUT2D eigenvalue weighted by Gasteiger charge is -2.33. The number of rotatable bonds is 1. The van der Waals surface area contributed by atoms with E-state index in [4.69, 9.17) is 4.74 Å². The summed E-state index contributed by atoms with van der Waals surface area (Å²) in [7, 11) is 0. The molecule has 0 saturated carbocycles. The fraction of sp³-hybridized carbons (Fsp3) is 0.700. The summed E-state index contributed by atoms with van der Waals surface area (Å²) in [5.41, 5.74) is -0.0797. The predicted octanol–water partition coefficient (Wildman–Crippen LogP) is 1.84. The second kappa shape index (κ2) is 3.61. The molecule has 1 aromatic heterocycles. The van der Waals surface area contributed by atoms with Crippen LogP contribution in [0.5, 0.6) is 0 Å². The van der Waals surface area contributed by atoms with Gasteiger partial charge in [-0.05, 0) is 26.7 Å². The molecule has 14 heavy (non-hydrogen) atoms. The molecule has 2 heterocycles. The van der Waals surface area contributed by atoms with Crippen molar-refractivity contribution in [3.8, 4) is 0 Å². The fourth-order valence-electron chi connectivity index (χ4n) is 1.66. The fourth-order valence-corrected chi connectivity index (χ4v) is 2.36. The van der Waals surface area contributed by atoms with E-state index in [1.165, 1.54) is 0 Å². The molecule has 0 aromatic carbocycles. The molecule has 1 aromatic rings. The van der Waals surface area contributed by atoms with Gasteiger partial charge in [0.15, 0.2) is 0 Å². The van der Waals surface area contributed by atoms with Crippen LogP contribution in [0, 0.1) is 6.92 Å². The average Bonchev–Trinajstić information content (AvgIpc) is 2.58. The van der Waals surface area contributed by atoms with E-state index in [1.54, 1.807) is 11.3 Å². The zero-order valence-electron chi connectivity index (χ0n) is 8.49.